The molecule has 2 nitrogen and oxygen atoms in total. The lowest BCUT2D eigenvalue weighted by Gasteiger charge is -2.38. The van der Waals surface area contributed by atoms with E-state index in [4.69, 9.17) is 5.26 Å². The number of hydrogen-bond donors (Lipinski definition) is 0. The normalized spacial score (nSPS) is 20.4. The van der Waals surface area contributed by atoms with E-state index in [0.29, 0.717) is 11.6 Å². The van der Waals surface area contributed by atoms with Crippen molar-refractivity contribution in [3.63, 3.8) is 0 Å². The molecule has 1 fully saturated rings. The van der Waals surface area contributed by atoms with Gasteiger partial charge < -0.3 is 4.90 Å². The van der Waals surface area contributed by atoms with Gasteiger partial charge in [-0.1, -0.05) is 68.4 Å². The van der Waals surface area contributed by atoms with Crippen molar-refractivity contribution < 1.29 is 26.3 Å². The quantitative estimate of drug-likeness (QED) is 0.253. The van der Waals surface area contributed by atoms with Gasteiger partial charge >= 0.3 is 12.4 Å². The van der Waals surface area contributed by atoms with E-state index in [-0.39, 0.29) is 6.42 Å². The van der Waals surface area contributed by atoms with Gasteiger partial charge in [-0.3, -0.25) is 0 Å². The highest BCUT2D eigenvalue weighted by molar-refractivity contribution is 5.26. The SMILES string of the molecule is CC#N.CCCN(CCc1ccccc1)C(CC)CCc1ccc(C2CCC(C(F)(F)F)C(C(F)(F)F)C2)cc1. The molecule has 40 heavy (non-hydrogen) atoms. The fourth-order valence-corrected chi connectivity index (χ4v) is 5.84. The zero-order valence-corrected chi connectivity index (χ0v) is 23.7. The summed E-state index contributed by atoms with van der Waals surface area (Å²) in [6.07, 6.45) is -5.57. The number of nitrogens with zero attached hydrogens (tertiary/aromatic N) is 2. The average molecular weight is 569 g/mol. The molecule has 2 aromatic carbocycles. The molecule has 4 atom stereocenters. The minimum absolute atomic E-state index is 0.126. The Hall–Kier alpha value is -2.53. The summed E-state index contributed by atoms with van der Waals surface area (Å²) in [7, 11) is 0. The van der Waals surface area contributed by atoms with Gasteiger partial charge in [-0.2, -0.15) is 31.6 Å². The highest BCUT2D eigenvalue weighted by Gasteiger charge is 2.56. The van der Waals surface area contributed by atoms with Crippen LogP contribution in [0.5, 0.6) is 0 Å². The minimum Gasteiger partial charge on any atom is -0.300 e. The number of rotatable bonds is 11. The van der Waals surface area contributed by atoms with Crippen molar-refractivity contribution in [3.05, 3.63) is 71.3 Å². The number of alkyl halides is 6. The Morgan fingerprint density at radius 2 is 1.40 bits per heavy atom. The van der Waals surface area contributed by atoms with Crippen LogP contribution in [0.2, 0.25) is 0 Å². The molecule has 0 amide bonds. The van der Waals surface area contributed by atoms with E-state index < -0.39 is 42.9 Å². The molecule has 1 aliphatic carbocycles. The molecular weight excluding hydrogens is 526 g/mol. The topological polar surface area (TPSA) is 27.0 Å². The molecule has 222 valence electrons. The Kier molecular flexibility index (Phi) is 13.5. The van der Waals surface area contributed by atoms with E-state index in [2.05, 4.69) is 43.0 Å². The van der Waals surface area contributed by atoms with Crippen LogP contribution in [0.3, 0.4) is 0 Å². The lowest BCUT2D eigenvalue weighted by molar-refractivity contribution is -0.263. The van der Waals surface area contributed by atoms with Crippen molar-refractivity contribution in [1.82, 2.24) is 4.90 Å². The zero-order valence-electron chi connectivity index (χ0n) is 23.7. The van der Waals surface area contributed by atoms with E-state index in [1.807, 2.05) is 30.3 Å². The molecule has 0 aromatic heterocycles. The first kappa shape index (κ1) is 33.7. The molecule has 0 spiro atoms. The van der Waals surface area contributed by atoms with Crippen LogP contribution < -0.4 is 0 Å². The van der Waals surface area contributed by atoms with Crippen molar-refractivity contribution in [1.29, 1.82) is 5.26 Å². The first-order valence-corrected chi connectivity index (χ1v) is 14.3. The predicted octanol–water partition coefficient (Wildman–Crippen LogP) is 9.51. The molecule has 1 saturated carbocycles. The fraction of sp³-hybridized carbons (Fsp3) is 0.594. The lowest BCUT2D eigenvalue weighted by atomic mass is 9.71. The predicted molar refractivity (Wildman–Crippen MR) is 148 cm³/mol. The summed E-state index contributed by atoms with van der Waals surface area (Å²) in [6, 6.07) is 20.2. The highest BCUT2D eigenvalue weighted by atomic mass is 19.4. The second-order valence-electron chi connectivity index (χ2n) is 10.6. The Bertz CT molecular complexity index is 1010. The van der Waals surface area contributed by atoms with E-state index in [1.54, 1.807) is 6.07 Å². The Morgan fingerprint density at radius 3 is 1.93 bits per heavy atom. The van der Waals surface area contributed by atoms with Gasteiger partial charge in [-0.05, 0) is 80.5 Å². The number of aryl methyl sites for hydroxylation is 1. The summed E-state index contributed by atoms with van der Waals surface area (Å²) in [5.41, 5.74) is 3.14. The van der Waals surface area contributed by atoms with Gasteiger partial charge in [0, 0.05) is 19.5 Å². The molecule has 3 rings (SSSR count). The molecule has 0 radical (unpaired) electrons. The molecule has 0 saturated heterocycles. The van der Waals surface area contributed by atoms with Crippen LogP contribution in [0, 0.1) is 23.2 Å². The molecule has 0 aliphatic heterocycles. The van der Waals surface area contributed by atoms with Crippen LogP contribution in [-0.2, 0) is 12.8 Å². The third-order valence-electron chi connectivity index (χ3n) is 7.94. The smallest absolute Gasteiger partial charge is 0.300 e. The standard InChI is InChI=1S/C30H39F6N.C2H3N/c1-3-19-37(20-18-22-8-6-5-7-9-22)26(4-2)16-12-23-10-13-24(14-11-23)25-15-17-27(29(31,32)33)28(21-25)30(34,35)36;1-2-3/h5-11,13-14,25-28H,3-4,12,15-21H2,1-2H3;1H3. The van der Waals surface area contributed by atoms with Crippen molar-refractivity contribution in [3.8, 4) is 6.07 Å². The molecule has 4 unspecified atom stereocenters. The maximum Gasteiger partial charge on any atom is 0.392 e. The van der Waals surface area contributed by atoms with E-state index in [9.17, 15) is 26.3 Å². The van der Waals surface area contributed by atoms with Gasteiger partial charge in [-0.15, -0.1) is 0 Å². The number of nitriles is 1. The first-order chi connectivity index (χ1) is 18.9. The first-order valence-electron chi connectivity index (χ1n) is 14.3. The second-order valence-corrected chi connectivity index (χ2v) is 10.6. The Morgan fingerprint density at radius 1 is 0.825 bits per heavy atom. The molecule has 8 heteroatoms. The van der Waals surface area contributed by atoms with E-state index >= 15 is 0 Å². The molecule has 0 N–H and O–H groups in total. The highest BCUT2D eigenvalue weighted by Crippen LogP contribution is 2.52. The summed E-state index contributed by atoms with van der Waals surface area (Å²) in [6.45, 7) is 7.85. The summed E-state index contributed by atoms with van der Waals surface area (Å²) in [5, 5.41) is 7.32. The summed E-state index contributed by atoms with van der Waals surface area (Å²) >= 11 is 0. The molecule has 0 heterocycles. The van der Waals surface area contributed by atoms with Gasteiger partial charge in [-0.25, -0.2) is 0 Å². The summed E-state index contributed by atoms with van der Waals surface area (Å²) < 4.78 is 80.0. The lowest BCUT2D eigenvalue weighted by Crippen LogP contribution is -2.42. The third kappa shape index (κ3) is 10.5. The monoisotopic (exact) mass is 568 g/mol. The van der Waals surface area contributed by atoms with Gasteiger partial charge in [0.1, 0.15) is 0 Å². The largest absolute Gasteiger partial charge is 0.392 e. The van der Waals surface area contributed by atoms with Gasteiger partial charge in [0.2, 0.25) is 0 Å². The van der Waals surface area contributed by atoms with Gasteiger partial charge in [0.15, 0.2) is 0 Å². The van der Waals surface area contributed by atoms with Crippen molar-refractivity contribution >= 4 is 0 Å². The van der Waals surface area contributed by atoms with Crippen molar-refractivity contribution in [2.24, 2.45) is 11.8 Å². The fourth-order valence-electron chi connectivity index (χ4n) is 5.84. The maximum atomic E-state index is 13.5. The molecule has 2 aromatic rings. The third-order valence-corrected chi connectivity index (χ3v) is 7.94. The molecule has 1 aliphatic rings. The van der Waals surface area contributed by atoms with Crippen LogP contribution in [0.1, 0.15) is 81.9 Å². The van der Waals surface area contributed by atoms with Crippen LogP contribution in [0.15, 0.2) is 54.6 Å². The van der Waals surface area contributed by atoms with E-state index in [0.717, 1.165) is 50.8 Å². The van der Waals surface area contributed by atoms with E-state index in [1.165, 1.54) is 12.5 Å². The Labute approximate surface area is 235 Å². The number of hydrogen-bond acceptors (Lipinski definition) is 2. The molecule has 0 bridgehead atoms. The molecular formula is C32H42F6N2. The van der Waals surface area contributed by atoms with Gasteiger partial charge in [0.25, 0.3) is 0 Å². The van der Waals surface area contributed by atoms with Crippen LogP contribution in [0.25, 0.3) is 0 Å². The number of benzene rings is 2. The second kappa shape index (κ2) is 16.0. The summed E-state index contributed by atoms with van der Waals surface area (Å²) in [5.74, 6) is -5.14. The Balaban J connectivity index is 0.00000178. The van der Waals surface area contributed by atoms with Crippen LogP contribution in [-0.4, -0.2) is 36.4 Å². The maximum absolute atomic E-state index is 13.5. The van der Waals surface area contributed by atoms with Gasteiger partial charge in [0.05, 0.1) is 17.9 Å². The van der Waals surface area contributed by atoms with Crippen LogP contribution >= 0.6 is 0 Å². The van der Waals surface area contributed by atoms with Crippen LogP contribution in [0.4, 0.5) is 26.3 Å². The average Bonchev–Trinajstić information content (AvgIpc) is 2.92. The zero-order chi connectivity index (χ0) is 29.8. The minimum atomic E-state index is -4.85. The van der Waals surface area contributed by atoms with Crippen molar-refractivity contribution in [2.45, 2.75) is 96.5 Å². The van der Waals surface area contributed by atoms with Crippen molar-refractivity contribution in [2.75, 3.05) is 13.1 Å². The number of halogens is 6. The summed E-state index contributed by atoms with van der Waals surface area (Å²) in [4.78, 5) is 2.55.